The number of benzene rings is 2. The van der Waals surface area contributed by atoms with Gasteiger partial charge in [-0.1, -0.05) is 12.1 Å². The van der Waals surface area contributed by atoms with Gasteiger partial charge < -0.3 is 20.1 Å². The van der Waals surface area contributed by atoms with Gasteiger partial charge >= 0.3 is 0 Å². The number of methoxy groups -OCH3 is 1. The molecule has 29 heavy (non-hydrogen) atoms. The summed E-state index contributed by atoms with van der Waals surface area (Å²) in [5, 5.41) is 8.11. The molecule has 0 atom stereocenters. The Labute approximate surface area is 177 Å². The summed E-state index contributed by atoms with van der Waals surface area (Å²) in [6.45, 7) is 4.85. The largest absolute Gasteiger partial charge is 0.494 e. The van der Waals surface area contributed by atoms with E-state index in [0.717, 1.165) is 47.5 Å². The second-order valence-corrected chi connectivity index (χ2v) is 7.42. The first-order chi connectivity index (χ1) is 14.1. The van der Waals surface area contributed by atoms with Crippen molar-refractivity contribution < 1.29 is 9.47 Å². The van der Waals surface area contributed by atoms with Gasteiger partial charge in [0.15, 0.2) is 5.11 Å². The molecule has 3 aromatic rings. The maximum atomic E-state index is 5.76. The van der Waals surface area contributed by atoms with Crippen LogP contribution in [0.4, 0.5) is 5.69 Å². The molecule has 3 rings (SSSR count). The molecule has 0 amide bonds. The number of ether oxygens (including phenoxy) is 2. The van der Waals surface area contributed by atoms with Gasteiger partial charge in [0.05, 0.1) is 13.2 Å². The van der Waals surface area contributed by atoms with E-state index in [1.165, 1.54) is 5.56 Å². The third-order valence-electron chi connectivity index (χ3n) is 4.40. The lowest BCUT2D eigenvalue weighted by atomic mass is 10.1. The Morgan fingerprint density at radius 2 is 2.00 bits per heavy atom. The lowest BCUT2D eigenvalue weighted by molar-refractivity contribution is 0.242. The van der Waals surface area contributed by atoms with E-state index in [1.54, 1.807) is 13.3 Å². The molecule has 0 saturated carbocycles. The van der Waals surface area contributed by atoms with Crippen LogP contribution in [0.1, 0.15) is 25.8 Å². The van der Waals surface area contributed by atoms with Crippen LogP contribution in [0.2, 0.25) is 0 Å². The average molecular weight is 410 g/mol. The highest BCUT2D eigenvalue weighted by Gasteiger charge is 2.08. The van der Waals surface area contributed by atoms with Crippen LogP contribution in [-0.2, 0) is 6.42 Å². The zero-order chi connectivity index (χ0) is 20.6. The number of nitrogens with zero attached hydrogens (tertiary/aromatic N) is 1. The van der Waals surface area contributed by atoms with Gasteiger partial charge in [-0.05, 0) is 80.9 Å². The van der Waals surface area contributed by atoms with E-state index >= 15 is 0 Å². The summed E-state index contributed by atoms with van der Waals surface area (Å²) in [6, 6.07) is 16.0. The van der Waals surface area contributed by atoms with Crippen LogP contribution in [0.5, 0.6) is 11.5 Å². The van der Waals surface area contributed by atoms with Crippen LogP contribution in [-0.4, -0.2) is 29.9 Å². The number of thiocarbonyl (C=S) groups is 1. The first-order valence-corrected chi connectivity index (χ1v) is 10.2. The predicted molar refractivity (Wildman–Crippen MR) is 123 cm³/mol. The van der Waals surface area contributed by atoms with E-state index in [9.17, 15) is 0 Å². The maximum Gasteiger partial charge on any atom is 0.170 e. The van der Waals surface area contributed by atoms with E-state index in [0.29, 0.717) is 5.11 Å². The molecule has 1 aromatic heterocycles. The van der Waals surface area contributed by atoms with Crippen molar-refractivity contribution in [3.05, 3.63) is 60.3 Å². The van der Waals surface area contributed by atoms with Gasteiger partial charge in [-0.3, -0.25) is 4.98 Å². The van der Waals surface area contributed by atoms with Crippen LogP contribution >= 0.6 is 12.2 Å². The zero-order valence-electron chi connectivity index (χ0n) is 17.1. The SMILES string of the molecule is COc1ccc(NC(=S)NCCCc2cccc(OC(C)C)c2)c2cccnc12. The molecule has 2 N–H and O–H groups in total. The minimum atomic E-state index is 0.180. The van der Waals surface area contributed by atoms with Crippen LogP contribution < -0.4 is 20.1 Å². The molecule has 0 bridgehead atoms. The third kappa shape index (κ3) is 5.81. The van der Waals surface area contributed by atoms with Crippen LogP contribution in [0.25, 0.3) is 10.9 Å². The summed E-state index contributed by atoms with van der Waals surface area (Å²) < 4.78 is 11.1. The third-order valence-corrected chi connectivity index (χ3v) is 4.65. The molecule has 6 heteroatoms. The topological polar surface area (TPSA) is 55.4 Å². The highest BCUT2D eigenvalue weighted by molar-refractivity contribution is 7.80. The number of pyridine rings is 1. The van der Waals surface area contributed by atoms with Crippen LogP contribution in [0.15, 0.2) is 54.7 Å². The molecule has 0 radical (unpaired) electrons. The van der Waals surface area contributed by atoms with Gasteiger partial charge in [0.2, 0.25) is 0 Å². The highest BCUT2D eigenvalue weighted by Crippen LogP contribution is 2.29. The molecule has 0 fully saturated rings. The summed E-state index contributed by atoms with van der Waals surface area (Å²) in [6.07, 6.45) is 3.87. The maximum absolute atomic E-state index is 5.76. The summed E-state index contributed by atoms with van der Waals surface area (Å²) in [5.74, 6) is 1.66. The number of fused-ring (bicyclic) bond motifs is 1. The Bertz CT molecular complexity index is 975. The molecule has 0 unspecified atom stereocenters. The fourth-order valence-electron chi connectivity index (χ4n) is 3.13. The monoisotopic (exact) mass is 409 g/mol. The minimum Gasteiger partial charge on any atom is -0.494 e. The highest BCUT2D eigenvalue weighted by atomic mass is 32.1. The standard InChI is InChI=1S/C23H27N3O2S/c1-16(2)28-18-9-4-7-17(15-18)8-5-14-25-23(29)26-20-11-12-21(27-3)22-19(20)10-6-13-24-22/h4,6-7,9-13,15-16H,5,8,14H2,1-3H3,(H2,25,26,29). The second kappa shape index (κ2) is 10.1. The normalized spacial score (nSPS) is 10.8. The lowest BCUT2D eigenvalue weighted by Crippen LogP contribution is -2.29. The van der Waals surface area contributed by atoms with Crippen molar-refractivity contribution in [2.45, 2.75) is 32.8 Å². The number of hydrogen-bond donors (Lipinski definition) is 2. The molecular formula is C23H27N3O2S. The van der Waals surface area contributed by atoms with Gasteiger partial charge in [0, 0.05) is 23.8 Å². The number of hydrogen-bond acceptors (Lipinski definition) is 4. The molecular weight excluding hydrogens is 382 g/mol. The van der Waals surface area contributed by atoms with Gasteiger partial charge in [0.1, 0.15) is 17.0 Å². The number of aryl methyl sites for hydroxylation is 1. The van der Waals surface area contributed by atoms with E-state index in [-0.39, 0.29) is 6.10 Å². The number of nitrogens with one attached hydrogen (secondary N) is 2. The van der Waals surface area contributed by atoms with Crippen LogP contribution in [0.3, 0.4) is 0 Å². The minimum absolute atomic E-state index is 0.180. The van der Waals surface area contributed by atoms with Crippen molar-refractivity contribution in [2.24, 2.45) is 0 Å². The number of anilines is 1. The Balaban J connectivity index is 1.52. The zero-order valence-corrected chi connectivity index (χ0v) is 17.9. The summed E-state index contributed by atoms with van der Waals surface area (Å²) in [5.41, 5.74) is 2.98. The predicted octanol–water partition coefficient (Wildman–Crippen LogP) is 4.95. The first-order valence-electron chi connectivity index (χ1n) is 9.79. The van der Waals surface area contributed by atoms with Crippen molar-refractivity contribution in [2.75, 3.05) is 19.0 Å². The Hall–Kier alpha value is -2.86. The van der Waals surface area contributed by atoms with Crippen molar-refractivity contribution in [1.29, 1.82) is 0 Å². The lowest BCUT2D eigenvalue weighted by Gasteiger charge is -2.14. The molecule has 0 saturated heterocycles. The van der Waals surface area contributed by atoms with Gasteiger partial charge in [0.25, 0.3) is 0 Å². The molecule has 0 aliphatic carbocycles. The van der Waals surface area contributed by atoms with Crippen molar-refractivity contribution in [1.82, 2.24) is 10.3 Å². The van der Waals surface area contributed by atoms with E-state index < -0.39 is 0 Å². The number of aromatic nitrogens is 1. The van der Waals surface area contributed by atoms with Crippen LogP contribution in [0, 0.1) is 0 Å². The molecule has 0 aliphatic rings. The fraction of sp³-hybridized carbons (Fsp3) is 0.304. The molecule has 2 aromatic carbocycles. The molecule has 0 spiro atoms. The molecule has 152 valence electrons. The summed E-state index contributed by atoms with van der Waals surface area (Å²) >= 11 is 5.46. The fourth-order valence-corrected chi connectivity index (χ4v) is 3.34. The quantitative estimate of drug-likeness (QED) is 0.406. The first kappa shape index (κ1) is 20.9. The van der Waals surface area contributed by atoms with Crippen molar-refractivity contribution >= 4 is 33.9 Å². The molecule has 0 aliphatic heterocycles. The Morgan fingerprint density at radius 1 is 1.14 bits per heavy atom. The second-order valence-electron chi connectivity index (χ2n) is 7.01. The van der Waals surface area contributed by atoms with E-state index in [1.807, 2.05) is 50.2 Å². The van der Waals surface area contributed by atoms with Crippen molar-refractivity contribution in [3.8, 4) is 11.5 Å². The average Bonchev–Trinajstić information content (AvgIpc) is 2.71. The Kier molecular flexibility index (Phi) is 7.25. The summed E-state index contributed by atoms with van der Waals surface area (Å²) in [4.78, 5) is 4.41. The smallest absolute Gasteiger partial charge is 0.170 e. The van der Waals surface area contributed by atoms with Gasteiger partial charge in [-0.2, -0.15) is 0 Å². The molecule has 1 heterocycles. The summed E-state index contributed by atoms with van der Waals surface area (Å²) in [7, 11) is 1.65. The van der Waals surface area contributed by atoms with Crippen molar-refractivity contribution in [3.63, 3.8) is 0 Å². The Morgan fingerprint density at radius 3 is 2.79 bits per heavy atom. The molecule has 5 nitrogen and oxygen atoms in total. The van der Waals surface area contributed by atoms with Gasteiger partial charge in [-0.25, -0.2) is 0 Å². The van der Waals surface area contributed by atoms with E-state index in [2.05, 4.69) is 27.8 Å². The number of rotatable bonds is 8. The van der Waals surface area contributed by atoms with E-state index in [4.69, 9.17) is 21.7 Å². The van der Waals surface area contributed by atoms with Gasteiger partial charge in [-0.15, -0.1) is 0 Å².